The van der Waals surface area contributed by atoms with Crippen molar-refractivity contribution in [2.24, 2.45) is 11.8 Å². The number of alkyl carbamates (subject to hydrolysis) is 1. The molecule has 1 aromatic rings. The van der Waals surface area contributed by atoms with Crippen LogP contribution in [0, 0.1) is 17.2 Å². The summed E-state index contributed by atoms with van der Waals surface area (Å²) in [5.41, 5.74) is 0.879. The first-order valence-electron chi connectivity index (χ1n) is 10.3. The van der Waals surface area contributed by atoms with Gasteiger partial charge in [-0.05, 0) is 18.8 Å². The molecule has 2 amide bonds. The maximum absolute atomic E-state index is 12.7. The standard InChI is InChI=1S/C22H30N3O5/c1-14(2)13-30-22(29)24-21(23)17-6-4-16(5-7-17)20(28)15(3)12-19(27)25-10-8-18(26)9-11-25/h4-7,14-15,18H,8-13H2,1-3H3,(H2,23,24,29). The van der Waals surface area contributed by atoms with Crippen LogP contribution >= 0.6 is 0 Å². The number of benzene rings is 1. The molecule has 30 heavy (non-hydrogen) atoms. The van der Waals surface area contributed by atoms with Crippen molar-refractivity contribution in [2.45, 2.75) is 46.1 Å². The number of piperidine rings is 1. The minimum atomic E-state index is -0.693. The summed E-state index contributed by atoms with van der Waals surface area (Å²) >= 11 is 0. The van der Waals surface area contributed by atoms with Crippen molar-refractivity contribution in [3.63, 3.8) is 0 Å². The minimum absolute atomic E-state index is 0.100. The molecule has 0 saturated carbocycles. The van der Waals surface area contributed by atoms with E-state index < -0.39 is 18.1 Å². The normalized spacial score (nSPS) is 15.6. The predicted octanol–water partition coefficient (Wildman–Crippen LogP) is 3.02. The van der Waals surface area contributed by atoms with E-state index in [0.29, 0.717) is 37.1 Å². The molecule has 1 unspecified atom stereocenters. The largest absolute Gasteiger partial charge is 0.449 e. The molecule has 8 nitrogen and oxygen atoms in total. The van der Waals surface area contributed by atoms with E-state index in [2.05, 4.69) is 5.32 Å². The molecule has 1 heterocycles. The van der Waals surface area contributed by atoms with Crippen LogP contribution in [0.4, 0.5) is 4.79 Å². The first-order valence-corrected chi connectivity index (χ1v) is 10.3. The highest BCUT2D eigenvalue weighted by molar-refractivity contribution is 6.05. The Morgan fingerprint density at radius 3 is 2.23 bits per heavy atom. The second kappa shape index (κ2) is 10.9. The molecular formula is C22H30N3O5. The van der Waals surface area contributed by atoms with Gasteiger partial charge in [-0.2, -0.15) is 0 Å². The summed E-state index contributed by atoms with van der Waals surface area (Å²) in [5.74, 6) is -0.679. The Labute approximate surface area is 177 Å². The second-order valence-electron chi connectivity index (χ2n) is 8.12. The molecule has 1 radical (unpaired) electrons. The minimum Gasteiger partial charge on any atom is -0.449 e. The summed E-state index contributed by atoms with van der Waals surface area (Å²) in [6.07, 6.45) is -0.275. The molecule has 1 saturated heterocycles. The molecule has 0 aromatic heterocycles. The van der Waals surface area contributed by atoms with Gasteiger partial charge in [0.2, 0.25) is 5.91 Å². The average Bonchev–Trinajstić information content (AvgIpc) is 2.72. The third-order valence-electron chi connectivity index (χ3n) is 4.96. The van der Waals surface area contributed by atoms with Crippen molar-refractivity contribution >= 4 is 23.6 Å². The molecule has 2 rings (SSSR count). The van der Waals surface area contributed by atoms with Crippen LogP contribution in [0.1, 0.15) is 56.0 Å². The first kappa shape index (κ1) is 23.5. The average molecular weight is 416 g/mol. The van der Waals surface area contributed by atoms with Gasteiger partial charge in [-0.1, -0.05) is 45.0 Å². The lowest BCUT2D eigenvalue weighted by Gasteiger charge is -2.29. The Hall–Kier alpha value is -2.74. The molecule has 0 spiro atoms. The van der Waals surface area contributed by atoms with Crippen molar-refractivity contribution in [1.29, 1.82) is 5.41 Å². The van der Waals surface area contributed by atoms with Gasteiger partial charge in [-0.25, -0.2) is 9.90 Å². The van der Waals surface area contributed by atoms with Crippen molar-refractivity contribution in [3.8, 4) is 0 Å². The van der Waals surface area contributed by atoms with Crippen molar-refractivity contribution < 1.29 is 24.2 Å². The number of carbonyl (C=O) groups is 3. The van der Waals surface area contributed by atoms with Gasteiger partial charge in [0.1, 0.15) is 5.84 Å². The van der Waals surface area contributed by atoms with E-state index in [0.717, 1.165) is 0 Å². The smallest absolute Gasteiger partial charge is 0.412 e. The van der Waals surface area contributed by atoms with Crippen LogP contribution in [0.5, 0.6) is 0 Å². The summed E-state index contributed by atoms with van der Waals surface area (Å²) in [7, 11) is 0. The molecule has 1 aliphatic rings. The summed E-state index contributed by atoms with van der Waals surface area (Å²) in [4.78, 5) is 38.4. The molecule has 1 aliphatic heterocycles. The number of amides is 2. The van der Waals surface area contributed by atoms with E-state index in [4.69, 9.17) is 10.1 Å². The van der Waals surface area contributed by atoms with Crippen molar-refractivity contribution in [1.82, 2.24) is 10.2 Å². The Bertz CT molecular complexity index is 767. The summed E-state index contributed by atoms with van der Waals surface area (Å²) in [5, 5.41) is 21.7. The Balaban J connectivity index is 1.88. The first-order chi connectivity index (χ1) is 14.2. The van der Waals surface area contributed by atoms with Gasteiger partial charge in [0.15, 0.2) is 5.78 Å². The number of ether oxygens (including phenoxy) is 1. The van der Waals surface area contributed by atoms with E-state index in [1.54, 1.807) is 36.1 Å². The number of likely N-dealkylation sites (tertiary alicyclic amines) is 1. The van der Waals surface area contributed by atoms with Crippen LogP contribution < -0.4 is 5.32 Å². The number of ketones is 1. The lowest BCUT2D eigenvalue weighted by molar-refractivity contribution is -0.134. The number of carbonyl (C=O) groups excluding carboxylic acids is 3. The van der Waals surface area contributed by atoms with Gasteiger partial charge in [0.25, 0.3) is 0 Å². The van der Waals surface area contributed by atoms with Gasteiger partial charge in [0, 0.05) is 36.6 Å². The molecular weight excluding hydrogens is 386 g/mol. The number of rotatable bonds is 7. The molecule has 1 fully saturated rings. The number of hydrogen-bond donors (Lipinski definition) is 2. The monoisotopic (exact) mass is 416 g/mol. The number of amidine groups is 1. The molecule has 0 aliphatic carbocycles. The Morgan fingerprint density at radius 1 is 1.10 bits per heavy atom. The molecule has 0 bridgehead atoms. The maximum Gasteiger partial charge on any atom is 0.412 e. The van der Waals surface area contributed by atoms with E-state index in [1.165, 1.54) is 0 Å². The van der Waals surface area contributed by atoms with Gasteiger partial charge >= 0.3 is 6.09 Å². The van der Waals surface area contributed by atoms with Gasteiger partial charge < -0.3 is 9.64 Å². The molecule has 163 valence electrons. The topological polar surface area (TPSA) is 119 Å². The summed E-state index contributed by atoms with van der Waals surface area (Å²) in [6, 6.07) is 6.31. The zero-order valence-electron chi connectivity index (χ0n) is 17.8. The van der Waals surface area contributed by atoms with Gasteiger partial charge in [-0.15, -0.1) is 0 Å². The third kappa shape index (κ3) is 6.95. The predicted molar refractivity (Wildman–Crippen MR) is 111 cm³/mol. The lowest BCUT2D eigenvalue weighted by Crippen LogP contribution is -2.40. The van der Waals surface area contributed by atoms with Crippen molar-refractivity contribution in [2.75, 3.05) is 19.7 Å². The van der Waals surface area contributed by atoms with E-state index in [1.807, 2.05) is 13.8 Å². The summed E-state index contributed by atoms with van der Waals surface area (Å²) < 4.78 is 4.98. The SMILES string of the molecule is CC(C)COC(=O)NC(=N)c1ccc(C(=O)C(C)CC(=O)N2CCC([O])CC2)cc1. The third-order valence-corrected chi connectivity index (χ3v) is 4.96. The highest BCUT2D eigenvalue weighted by Gasteiger charge is 2.26. The number of nitrogens with zero attached hydrogens (tertiary/aromatic N) is 1. The number of hydrogen-bond acceptors (Lipinski definition) is 5. The number of Topliss-reactive ketones (excluding diaryl/α,β-unsaturated/α-hetero) is 1. The highest BCUT2D eigenvalue weighted by Crippen LogP contribution is 2.17. The lowest BCUT2D eigenvalue weighted by atomic mass is 9.94. The van der Waals surface area contributed by atoms with Crippen LogP contribution in [-0.4, -0.2) is 54.3 Å². The van der Waals surface area contributed by atoms with Crippen LogP contribution in [-0.2, 0) is 14.6 Å². The highest BCUT2D eigenvalue weighted by atomic mass is 16.5. The fourth-order valence-corrected chi connectivity index (χ4v) is 3.13. The Kier molecular flexibility index (Phi) is 8.53. The molecule has 8 heteroatoms. The second-order valence-corrected chi connectivity index (χ2v) is 8.12. The van der Waals surface area contributed by atoms with Crippen LogP contribution in [0.15, 0.2) is 24.3 Å². The Morgan fingerprint density at radius 2 is 1.67 bits per heavy atom. The number of nitrogens with one attached hydrogen (secondary N) is 2. The van der Waals surface area contributed by atoms with Crippen LogP contribution in [0.2, 0.25) is 0 Å². The quantitative estimate of drug-likeness (QED) is 0.403. The summed E-state index contributed by atoms with van der Waals surface area (Å²) in [6.45, 7) is 6.71. The zero-order valence-corrected chi connectivity index (χ0v) is 17.8. The fourth-order valence-electron chi connectivity index (χ4n) is 3.13. The van der Waals surface area contributed by atoms with Crippen LogP contribution in [0.25, 0.3) is 0 Å². The molecule has 1 atom stereocenters. The van der Waals surface area contributed by atoms with Crippen molar-refractivity contribution in [3.05, 3.63) is 35.4 Å². The molecule has 1 aromatic carbocycles. The fraction of sp³-hybridized carbons (Fsp3) is 0.545. The van der Waals surface area contributed by atoms with Crippen LogP contribution in [0.3, 0.4) is 0 Å². The van der Waals surface area contributed by atoms with E-state index in [9.17, 15) is 19.5 Å². The maximum atomic E-state index is 12.7. The van der Waals surface area contributed by atoms with E-state index >= 15 is 0 Å². The van der Waals surface area contributed by atoms with E-state index in [-0.39, 0.29) is 36.5 Å². The van der Waals surface area contributed by atoms with Gasteiger partial charge in [0.05, 0.1) is 12.7 Å². The molecule has 2 N–H and O–H groups in total. The zero-order chi connectivity index (χ0) is 22.3. The van der Waals surface area contributed by atoms with Gasteiger partial charge in [-0.3, -0.25) is 20.3 Å².